The lowest BCUT2D eigenvalue weighted by molar-refractivity contribution is 0.166. The Labute approximate surface area is 148 Å². The molecule has 1 saturated heterocycles. The number of hydrogen-bond donors (Lipinski definition) is 0. The quantitative estimate of drug-likeness (QED) is 0.823. The van der Waals surface area contributed by atoms with Gasteiger partial charge >= 0.3 is 0 Å². The van der Waals surface area contributed by atoms with Gasteiger partial charge in [-0.15, -0.1) is 0 Å². The lowest BCUT2D eigenvalue weighted by atomic mass is 9.92. The van der Waals surface area contributed by atoms with Gasteiger partial charge in [0.25, 0.3) is 5.56 Å². The van der Waals surface area contributed by atoms with Gasteiger partial charge in [-0.2, -0.15) is 5.10 Å². The highest BCUT2D eigenvalue weighted by molar-refractivity contribution is 5.10. The third-order valence-electron chi connectivity index (χ3n) is 4.92. The van der Waals surface area contributed by atoms with Crippen molar-refractivity contribution in [3.8, 4) is 0 Å². The molecule has 0 aromatic carbocycles. The van der Waals surface area contributed by atoms with Crippen LogP contribution in [-0.4, -0.2) is 48.8 Å². The van der Waals surface area contributed by atoms with Crippen LogP contribution in [0.3, 0.4) is 0 Å². The predicted molar refractivity (Wildman–Crippen MR) is 96.4 cm³/mol. The molecule has 0 radical (unpaired) electrons. The summed E-state index contributed by atoms with van der Waals surface area (Å²) in [5.74, 6) is 0.544. The molecule has 2 aromatic rings. The fourth-order valence-corrected chi connectivity index (χ4v) is 3.24. The highest BCUT2D eigenvalue weighted by Gasteiger charge is 2.21. The molecule has 0 amide bonds. The van der Waals surface area contributed by atoms with Crippen molar-refractivity contribution >= 4 is 0 Å². The van der Waals surface area contributed by atoms with Gasteiger partial charge in [0, 0.05) is 24.6 Å². The van der Waals surface area contributed by atoms with Crippen LogP contribution < -0.4 is 5.56 Å². The maximum absolute atomic E-state index is 12.4. The first kappa shape index (κ1) is 17.8. The maximum Gasteiger partial charge on any atom is 0.253 e. The van der Waals surface area contributed by atoms with Crippen LogP contribution in [0.25, 0.3) is 0 Å². The molecule has 0 atom stereocenters. The zero-order valence-electron chi connectivity index (χ0n) is 15.4. The summed E-state index contributed by atoms with van der Waals surface area (Å²) in [6.45, 7) is 11.0. The Kier molecular flexibility index (Phi) is 5.32. The van der Waals surface area contributed by atoms with Crippen LogP contribution in [0.5, 0.6) is 0 Å². The SMILES string of the molecule is CC(C)(C)c1cc(=O)n(CC2CCN(CCn3cncn3)CC2)cn1. The fourth-order valence-electron chi connectivity index (χ4n) is 3.24. The van der Waals surface area contributed by atoms with Gasteiger partial charge in [-0.05, 0) is 31.8 Å². The molecule has 0 saturated carbocycles. The molecule has 2 aromatic heterocycles. The second-order valence-corrected chi connectivity index (χ2v) is 7.96. The smallest absolute Gasteiger partial charge is 0.253 e. The summed E-state index contributed by atoms with van der Waals surface area (Å²) in [6, 6.07) is 1.69. The van der Waals surface area contributed by atoms with Crippen molar-refractivity contribution in [2.75, 3.05) is 19.6 Å². The Morgan fingerprint density at radius 1 is 1.16 bits per heavy atom. The molecule has 3 heterocycles. The van der Waals surface area contributed by atoms with E-state index < -0.39 is 0 Å². The number of aromatic nitrogens is 5. The van der Waals surface area contributed by atoms with Gasteiger partial charge in [0.2, 0.25) is 0 Å². The maximum atomic E-state index is 12.4. The van der Waals surface area contributed by atoms with Crippen LogP contribution in [-0.2, 0) is 18.5 Å². The number of hydrogen-bond acceptors (Lipinski definition) is 5. The van der Waals surface area contributed by atoms with Crippen molar-refractivity contribution in [2.45, 2.75) is 52.1 Å². The standard InChI is InChI=1S/C18H28N6O/c1-18(2,3)16-10-17(25)23(14-20-16)11-15-4-6-22(7-5-15)8-9-24-13-19-12-21-24/h10,12-15H,4-9,11H2,1-3H3. The molecule has 0 N–H and O–H groups in total. The number of nitrogens with zero attached hydrogens (tertiary/aromatic N) is 6. The Morgan fingerprint density at radius 2 is 1.92 bits per heavy atom. The molecule has 3 rings (SSSR count). The molecule has 25 heavy (non-hydrogen) atoms. The summed E-state index contributed by atoms with van der Waals surface area (Å²) in [7, 11) is 0. The molecule has 0 unspecified atom stereocenters. The van der Waals surface area contributed by atoms with Gasteiger partial charge < -0.3 is 4.90 Å². The highest BCUT2D eigenvalue weighted by atomic mass is 16.1. The van der Waals surface area contributed by atoms with Gasteiger partial charge in [-0.25, -0.2) is 9.97 Å². The van der Waals surface area contributed by atoms with Crippen molar-refractivity contribution in [3.63, 3.8) is 0 Å². The van der Waals surface area contributed by atoms with Crippen LogP contribution >= 0.6 is 0 Å². The van der Waals surface area contributed by atoms with Crippen LogP contribution in [0, 0.1) is 5.92 Å². The van der Waals surface area contributed by atoms with Gasteiger partial charge in [0.05, 0.1) is 18.6 Å². The molecule has 136 valence electrons. The van der Waals surface area contributed by atoms with E-state index in [1.165, 1.54) is 0 Å². The van der Waals surface area contributed by atoms with Crippen molar-refractivity contribution in [1.29, 1.82) is 0 Å². The summed E-state index contributed by atoms with van der Waals surface area (Å²) in [4.78, 5) is 23.3. The monoisotopic (exact) mass is 344 g/mol. The average Bonchev–Trinajstić information content (AvgIpc) is 3.08. The second kappa shape index (κ2) is 7.47. The first-order valence-corrected chi connectivity index (χ1v) is 9.03. The van der Waals surface area contributed by atoms with Gasteiger partial charge in [0.1, 0.15) is 12.7 Å². The summed E-state index contributed by atoms with van der Waals surface area (Å²) in [5, 5.41) is 4.14. The van der Waals surface area contributed by atoms with Crippen molar-refractivity contribution in [2.24, 2.45) is 5.92 Å². The third-order valence-corrected chi connectivity index (χ3v) is 4.92. The first-order chi connectivity index (χ1) is 11.9. The average molecular weight is 344 g/mol. The summed E-state index contributed by atoms with van der Waals surface area (Å²) in [5.41, 5.74) is 0.832. The molecular weight excluding hydrogens is 316 g/mol. The molecule has 1 aliphatic rings. The second-order valence-electron chi connectivity index (χ2n) is 7.96. The van der Waals surface area contributed by atoms with Crippen molar-refractivity contribution < 1.29 is 0 Å². The molecular formula is C18H28N6O. The lowest BCUT2D eigenvalue weighted by Crippen LogP contribution is -2.38. The summed E-state index contributed by atoms with van der Waals surface area (Å²) >= 11 is 0. The van der Waals surface area contributed by atoms with Crippen LogP contribution in [0.15, 0.2) is 29.8 Å². The Hall–Kier alpha value is -2.02. The predicted octanol–water partition coefficient (Wildman–Crippen LogP) is 1.54. The first-order valence-electron chi connectivity index (χ1n) is 9.03. The Morgan fingerprint density at radius 3 is 2.52 bits per heavy atom. The molecule has 1 aliphatic heterocycles. The van der Waals surface area contributed by atoms with Crippen LogP contribution in [0.1, 0.15) is 39.3 Å². The van der Waals surface area contributed by atoms with Crippen LogP contribution in [0.4, 0.5) is 0 Å². The van der Waals surface area contributed by atoms with E-state index in [0.717, 1.165) is 51.3 Å². The largest absolute Gasteiger partial charge is 0.301 e. The van der Waals surface area contributed by atoms with E-state index in [0.29, 0.717) is 5.92 Å². The zero-order chi connectivity index (χ0) is 17.9. The minimum Gasteiger partial charge on any atom is -0.301 e. The minimum atomic E-state index is -0.0896. The Bertz CT molecular complexity index is 723. The molecule has 7 nitrogen and oxygen atoms in total. The van der Waals surface area contributed by atoms with E-state index in [1.54, 1.807) is 29.6 Å². The van der Waals surface area contributed by atoms with E-state index in [9.17, 15) is 4.79 Å². The number of piperidine rings is 1. The topological polar surface area (TPSA) is 68.8 Å². The van der Waals surface area contributed by atoms with E-state index in [1.807, 2.05) is 4.68 Å². The Balaban J connectivity index is 1.49. The van der Waals surface area contributed by atoms with E-state index in [2.05, 4.69) is 40.7 Å². The highest BCUT2D eigenvalue weighted by Crippen LogP contribution is 2.20. The summed E-state index contributed by atoms with van der Waals surface area (Å²) < 4.78 is 3.64. The van der Waals surface area contributed by atoms with Gasteiger partial charge in [-0.3, -0.25) is 14.0 Å². The van der Waals surface area contributed by atoms with Gasteiger partial charge in [0.15, 0.2) is 0 Å². The van der Waals surface area contributed by atoms with Crippen molar-refractivity contribution in [1.82, 2.24) is 29.2 Å². The van der Waals surface area contributed by atoms with Crippen molar-refractivity contribution in [3.05, 3.63) is 41.1 Å². The summed E-state index contributed by atoms with van der Waals surface area (Å²) in [6.07, 6.45) is 7.28. The minimum absolute atomic E-state index is 0.0635. The van der Waals surface area contributed by atoms with Crippen LogP contribution in [0.2, 0.25) is 0 Å². The molecule has 1 fully saturated rings. The number of likely N-dealkylation sites (tertiary alicyclic amines) is 1. The zero-order valence-corrected chi connectivity index (χ0v) is 15.4. The normalized spacial score (nSPS) is 17.1. The van der Waals surface area contributed by atoms with E-state index in [4.69, 9.17) is 0 Å². The van der Waals surface area contributed by atoms with E-state index >= 15 is 0 Å². The van der Waals surface area contributed by atoms with E-state index in [-0.39, 0.29) is 11.0 Å². The lowest BCUT2D eigenvalue weighted by Gasteiger charge is -2.32. The number of rotatable bonds is 5. The molecule has 7 heteroatoms. The fraction of sp³-hybridized carbons (Fsp3) is 0.667. The molecule has 0 aliphatic carbocycles. The third kappa shape index (κ3) is 4.75. The molecule has 0 spiro atoms. The van der Waals surface area contributed by atoms with Gasteiger partial charge in [-0.1, -0.05) is 20.8 Å². The molecule has 0 bridgehead atoms.